The van der Waals surface area contributed by atoms with Crippen LogP contribution in [0.2, 0.25) is 0 Å². The third-order valence-corrected chi connectivity index (χ3v) is 5.38. The number of furan rings is 1. The van der Waals surface area contributed by atoms with Gasteiger partial charge >= 0.3 is 5.97 Å². The van der Waals surface area contributed by atoms with E-state index in [0.717, 1.165) is 11.3 Å². The van der Waals surface area contributed by atoms with Crippen LogP contribution in [-0.2, 0) is 9.53 Å². The predicted molar refractivity (Wildman–Crippen MR) is 126 cm³/mol. The van der Waals surface area contributed by atoms with Gasteiger partial charge in [-0.2, -0.15) is 9.78 Å². The molecule has 0 spiro atoms. The first-order chi connectivity index (χ1) is 16.6. The Bertz CT molecular complexity index is 1280. The summed E-state index contributed by atoms with van der Waals surface area (Å²) in [5.74, 6) is 0.467. The fourth-order valence-corrected chi connectivity index (χ4v) is 3.58. The van der Waals surface area contributed by atoms with E-state index in [4.69, 9.17) is 9.15 Å². The summed E-state index contributed by atoms with van der Waals surface area (Å²) in [6, 6.07) is 19.8. The second-order valence-electron chi connectivity index (χ2n) is 6.79. The number of rotatable bonds is 9. The number of nitrogens with zero attached hydrogens (tertiary/aromatic N) is 5. The Balaban J connectivity index is 1.29. The summed E-state index contributed by atoms with van der Waals surface area (Å²) >= 11 is 1.19. The topological polar surface area (TPSA) is 124 Å². The second-order valence-corrected chi connectivity index (χ2v) is 7.73. The standard InChI is InChI=1S/C23H20N6O4S/c1-2-32-22(31)17-10-8-16(9-11-17)20-13-12-19(33-20)14-24-25-21(30)15-34-23-26-27-28-29(23)18-6-4-3-5-7-18/h3-14H,2,15H2,1H3,(H,25,30). The van der Waals surface area contributed by atoms with Crippen LogP contribution in [0.15, 0.2) is 81.4 Å². The van der Waals surface area contributed by atoms with E-state index in [-0.39, 0.29) is 17.6 Å². The molecule has 1 N–H and O–H groups in total. The van der Waals surface area contributed by atoms with Gasteiger partial charge in [0.05, 0.1) is 29.8 Å². The molecule has 2 aromatic carbocycles. The molecule has 0 fully saturated rings. The van der Waals surface area contributed by atoms with Crippen molar-refractivity contribution >= 4 is 29.9 Å². The Labute approximate surface area is 199 Å². The number of thioether (sulfide) groups is 1. The molecule has 0 bridgehead atoms. The summed E-state index contributed by atoms with van der Waals surface area (Å²) in [7, 11) is 0. The van der Waals surface area contributed by atoms with Crippen molar-refractivity contribution in [2.45, 2.75) is 12.1 Å². The van der Waals surface area contributed by atoms with E-state index >= 15 is 0 Å². The largest absolute Gasteiger partial charge is 0.462 e. The van der Waals surface area contributed by atoms with Crippen LogP contribution in [0.3, 0.4) is 0 Å². The van der Waals surface area contributed by atoms with Crippen LogP contribution in [0.1, 0.15) is 23.0 Å². The Kier molecular flexibility index (Phi) is 7.45. The van der Waals surface area contributed by atoms with Gasteiger partial charge in [-0.05, 0) is 53.7 Å². The van der Waals surface area contributed by atoms with Crippen molar-refractivity contribution in [2.24, 2.45) is 5.10 Å². The quantitative estimate of drug-likeness (QED) is 0.169. The first-order valence-electron chi connectivity index (χ1n) is 10.3. The molecule has 0 atom stereocenters. The minimum absolute atomic E-state index is 0.0841. The number of tetrazole rings is 1. The Hall–Kier alpha value is -4.25. The van der Waals surface area contributed by atoms with Gasteiger partial charge in [-0.15, -0.1) is 5.10 Å². The number of carbonyl (C=O) groups is 2. The molecule has 10 nitrogen and oxygen atoms in total. The summed E-state index contributed by atoms with van der Waals surface area (Å²) in [5.41, 5.74) is 4.52. The van der Waals surface area contributed by atoms with Crippen LogP contribution in [0, 0.1) is 0 Å². The lowest BCUT2D eigenvalue weighted by Crippen LogP contribution is -2.19. The van der Waals surface area contributed by atoms with Crippen molar-refractivity contribution in [2.75, 3.05) is 12.4 Å². The van der Waals surface area contributed by atoms with E-state index in [9.17, 15) is 9.59 Å². The van der Waals surface area contributed by atoms with Gasteiger partial charge in [-0.3, -0.25) is 4.79 Å². The summed E-state index contributed by atoms with van der Waals surface area (Å²) in [5, 5.41) is 16.0. The lowest BCUT2D eigenvalue weighted by atomic mass is 10.1. The van der Waals surface area contributed by atoms with E-state index < -0.39 is 0 Å². The fraction of sp³-hybridized carbons (Fsp3) is 0.130. The third-order valence-electron chi connectivity index (χ3n) is 4.46. The number of hydrogen-bond donors (Lipinski definition) is 1. The molecule has 4 rings (SSSR count). The minimum Gasteiger partial charge on any atom is -0.462 e. The zero-order chi connectivity index (χ0) is 23.8. The molecule has 0 saturated heterocycles. The smallest absolute Gasteiger partial charge is 0.338 e. The lowest BCUT2D eigenvalue weighted by molar-refractivity contribution is -0.118. The van der Waals surface area contributed by atoms with Crippen molar-refractivity contribution < 1.29 is 18.7 Å². The van der Waals surface area contributed by atoms with Crippen molar-refractivity contribution in [1.29, 1.82) is 0 Å². The van der Waals surface area contributed by atoms with Crippen LogP contribution in [0.25, 0.3) is 17.0 Å². The molecule has 0 aliphatic heterocycles. The highest BCUT2D eigenvalue weighted by atomic mass is 32.2. The fourth-order valence-electron chi connectivity index (χ4n) is 2.89. The number of ether oxygens (including phenoxy) is 1. The van der Waals surface area contributed by atoms with Gasteiger partial charge in [0.2, 0.25) is 5.16 Å². The molecule has 1 amide bonds. The molecule has 0 saturated carbocycles. The number of hydrogen-bond acceptors (Lipinski definition) is 9. The molecule has 0 aliphatic rings. The maximum Gasteiger partial charge on any atom is 0.338 e. The van der Waals surface area contributed by atoms with Crippen LogP contribution < -0.4 is 5.43 Å². The number of nitrogens with one attached hydrogen (secondary N) is 1. The van der Waals surface area contributed by atoms with Crippen molar-refractivity contribution in [3.8, 4) is 17.0 Å². The zero-order valence-corrected chi connectivity index (χ0v) is 18.9. The normalized spacial score (nSPS) is 11.0. The Morgan fingerprint density at radius 1 is 1.12 bits per heavy atom. The van der Waals surface area contributed by atoms with Crippen LogP contribution in [-0.4, -0.2) is 50.7 Å². The number of amides is 1. The number of aromatic nitrogens is 4. The summed E-state index contributed by atoms with van der Waals surface area (Å²) in [6.07, 6.45) is 1.41. The lowest BCUT2D eigenvalue weighted by Gasteiger charge is -2.03. The van der Waals surface area contributed by atoms with Gasteiger partial charge in [-0.25, -0.2) is 10.2 Å². The number of hydrazone groups is 1. The Morgan fingerprint density at radius 2 is 1.91 bits per heavy atom. The summed E-state index contributed by atoms with van der Waals surface area (Å²) < 4.78 is 12.3. The molecule has 2 heterocycles. The highest BCUT2D eigenvalue weighted by Gasteiger charge is 2.11. The number of para-hydroxylation sites is 1. The number of benzene rings is 2. The monoisotopic (exact) mass is 476 g/mol. The van der Waals surface area contributed by atoms with Crippen molar-refractivity contribution in [3.05, 3.63) is 78.1 Å². The van der Waals surface area contributed by atoms with Gasteiger partial charge in [0.25, 0.3) is 5.91 Å². The van der Waals surface area contributed by atoms with Gasteiger partial charge in [-0.1, -0.05) is 42.1 Å². The number of esters is 1. The first-order valence-corrected chi connectivity index (χ1v) is 11.3. The highest BCUT2D eigenvalue weighted by Crippen LogP contribution is 2.22. The first kappa shape index (κ1) is 22.9. The maximum atomic E-state index is 12.1. The zero-order valence-electron chi connectivity index (χ0n) is 18.1. The van der Waals surface area contributed by atoms with E-state index in [2.05, 4.69) is 26.1 Å². The maximum absolute atomic E-state index is 12.1. The molecule has 0 unspecified atom stereocenters. The third kappa shape index (κ3) is 5.75. The molecule has 0 aliphatic carbocycles. The van der Waals surface area contributed by atoms with E-state index in [0.29, 0.717) is 28.8 Å². The van der Waals surface area contributed by atoms with Crippen molar-refractivity contribution in [3.63, 3.8) is 0 Å². The average molecular weight is 477 g/mol. The van der Waals surface area contributed by atoms with E-state index in [1.54, 1.807) is 48.0 Å². The van der Waals surface area contributed by atoms with Gasteiger partial charge in [0.1, 0.15) is 11.5 Å². The van der Waals surface area contributed by atoms with Crippen LogP contribution in [0.4, 0.5) is 0 Å². The van der Waals surface area contributed by atoms with Crippen LogP contribution in [0.5, 0.6) is 0 Å². The second kappa shape index (κ2) is 11.1. The molecular weight excluding hydrogens is 456 g/mol. The Morgan fingerprint density at radius 3 is 2.68 bits per heavy atom. The van der Waals surface area contributed by atoms with E-state index in [1.807, 2.05) is 30.3 Å². The van der Waals surface area contributed by atoms with Gasteiger partial charge in [0.15, 0.2) is 0 Å². The predicted octanol–water partition coefficient (Wildman–Crippen LogP) is 3.34. The minimum atomic E-state index is -0.369. The molecule has 11 heteroatoms. The van der Waals surface area contributed by atoms with Gasteiger partial charge in [0, 0.05) is 5.56 Å². The molecule has 2 aromatic heterocycles. The molecule has 172 valence electrons. The van der Waals surface area contributed by atoms with Gasteiger partial charge < -0.3 is 9.15 Å². The molecule has 0 radical (unpaired) electrons. The molecule has 34 heavy (non-hydrogen) atoms. The highest BCUT2D eigenvalue weighted by molar-refractivity contribution is 7.99. The number of carbonyl (C=O) groups excluding carboxylic acids is 2. The average Bonchev–Trinajstić information content (AvgIpc) is 3.53. The molecule has 4 aromatic rings. The molecular formula is C23H20N6O4S. The van der Waals surface area contributed by atoms with Crippen LogP contribution >= 0.6 is 11.8 Å². The summed E-state index contributed by atoms with van der Waals surface area (Å²) in [4.78, 5) is 23.9. The van der Waals surface area contributed by atoms with E-state index in [1.165, 1.54) is 18.0 Å². The van der Waals surface area contributed by atoms with Crippen molar-refractivity contribution in [1.82, 2.24) is 25.6 Å². The summed E-state index contributed by atoms with van der Waals surface area (Å²) in [6.45, 7) is 2.08. The SMILES string of the molecule is CCOC(=O)c1ccc(-c2ccc(C=NNC(=O)CSc3nnnn3-c3ccccc3)o2)cc1.